The Morgan fingerprint density at radius 2 is 2.04 bits per heavy atom. The SMILES string of the molecule is CC1(C)[C@H]2CC[C@@]1(CS(=O)(=O)NCCc1c[nH]c3ccccc13)C(=O)C2. The minimum Gasteiger partial charge on any atom is -0.361 e. The topological polar surface area (TPSA) is 79.0 Å². The van der Waals surface area contributed by atoms with Crippen molar-refractivity contribution < 1.29 is 13.2 Å². The molecule has 140 valence electrons. The standard InChI is InChI=1S/C20H26N2O3S/c1-19(2)15-7-9-20(19,18(23)11-15)13-26(24,25)22-10-8-14-12-21-17-6-4-3-5-16(14)17/h3-6,12,15,21-22H,7-11,13H2,1-2H3/t15-,20+/m0/s1. The van der Waals surface area contributed by atoms with Gasteiger partial charge in [0.15, 0.2) is 0 Å². The van der Waals surface area contributed by atoms with E-state index in [1.165, 1.54) is 0 Å². The van der Waals surface area contributed by atoms with Crippen molar-refractivity contribution in [1.82, 2.24) is 9.71 Å². The van der Waals surface area contributed by atoms with Crippen LogP contribution >= 0.6 is 0 Å². The van der Waals surface area contributed by atoms with Crippen LogP contribution in [0.1, 0.15) is 38.7 Å². The molecule has 2 aliphatic carbocycles. The van der Waals surface area contributed by atoms with Crippen LogP contribution in [0.2, 0.25) is 0 Å². The van der Waals surface area contributed by atoms with E-state index in [9.17, 15) is 13.2 Å². The number of para-hydroxylation sites is 1. The molecular formula is C20H26N2O3S. The molecule has 2 fully saturated rings. The first-order valence-electron chi connectivity index (χ1n) is 9.31. The Bertz CT molecular complexity index is 960. The molecule has 0 amide bonds. The van der Waals surface area contributed by atoms with Crippen molar-refractivity contribution in [3.8, 4) is 0 Å². The molecule has 5 nitrogen and oxygen atoms in total. The number of fused-ring (bicyclic) bond motifs is 3. The largest absolute Gasteiger partial charge is 0.361 e. The fourth-order valence-electron chi connectivity index (χ4n) is 5.16. The maximum absolute atomic E-state index is 12.7. The van der Waals surface area contributed by atoms with E-state index in [4.69, 9.17) is 0 Å². The molecule has 26 heavy (non-hydrogen) atoms. The van der Waals surface area contributed by atoms with Gasteiger partial charge in [-0.3, -0.25) is 4.79 Å². The number of nitrogens with one attached hydrogen (secondary N) is 2. The highest BCUT2D eigenvalue weighted by atomic mass is 32.2. The van der Waals surface area contributed by atoms with Crippen molar-refractivity contribution in [3.05, 3.63) is 36.0 Å². The van der Waals surface area contributed by atoms with Gasteiger partial charge in [-0.1, -0.05) is 32.0 Å². The van der Waals surface area contributed by atoms with Crippen LogP contribution in [0.5, 0.6) is 0 Å². The minimum atomic E-state index is -3.50. The van der Waals surface area contributed by atoms with Gasteiger partial charge in [-0.2, -0.15) is 0 Å². The molecule has 1 aromatic carbocycles. The van der Waals surface area contributed by atoms with Gasteiger partial charge < -0.3 is 4.98 Å². The van der Waals surface area contributed by atoms with Gasteiger partial charge in [0.1, 0.15) is 5.78 Å². The first-order chi connectivity index (χ1) is 12.3. The lowest BCUT2D eigenvalue weighted by molar-refractivity contribution is -0.128. The van der Waals surface area contributed by atoms with Gasteiger partial charge in [-0.25, -0.2) is 13.1 Å². The maximum Gasteiger partial charge on any atom is 0.212 e. The number of rotatable bonds is 6. The van der Waals surface area contributed by atoms with E-state index < -0.39 is 15.4 Å². The van der Waals surface area contributed by atoms with E-state index in [0.717, 1.165) is 22.9 Å². The summed E-state index contributed by atoms with van der Waals surface area (Å²) in [6.45, 7) is 4.48. The second-order valence-electron chi connectivity index (χ2n) is 8.43. The van der Waals surface area contributed by atoms with Crippen LogP contribution in [0.3, 0.4) is 0 Å². The highest BCUT2D eigenvalue weighted by molar-refractivity contribution is 7.89. The monoisotopic (exact) mass is 374 g/mol. The lowest BCUT2D eigenvalue weighted by atomic mass is 9.70. The summed E-state index contributed by atoms with van der Waals surface area (Å²) in [7, 11) is -3.50. The number of aromatic nitrogens is 1. The average Bonchev–Trinajstić information content (AvgIpc) is 3.14. The molecule has 0 spiro atoms. The lowest BCUT2D eigenvalue weighted by Gasteiger charge is -2.36. The number of sulfonamides is 1. The van der Waals surface area contributed by atoms with Gasteiger partial charge >= 0.3 is 0 Å². The van der Waals surface area contributed by atoms with E-state index in [0.29, 0.717) is 31.7 Å². The molecule has 6 heteroatoms. The number of ketones is 1. The Morgan fingerprint density at radius 3 is 2.73 bits per heavy atom. The number of hydrogen-bond acceptors (Lipinski definition) is 3. The molecule has 1 heterocycles. The Labute approximate surface area is 154 Å². The first kappa shape index (κ1) is 17.7. The summed E-state index contributed by atoms with van der Waals surface area (Å²) >= 11 is 0. The van der Waals surface area contributed by atoms with Crippen LogP contribution < -0.4 is 4.72 Å². The zero-order valence-corrected chi connectivity index (χ0v) is 16.2. The summed E-state index contributed by atoms with van der Waals surface area (Å²) in [6, 6.07) is 7.99. The van der Waals surface area contributed by atoms with Crippen molar-refractivity contribution in [2.45, 2.75) is 39.5 Å². The molecule has 4 rings (SSSR count). The van der Waals surface area contributed by atoms with Gasteiger partial charge in [0, 0.05) is 35.5 Å². The van der Waals surface area contributed by atoms with Gasteiger partial charge in [0.2, 0.25) is 10.0 Å². The molecule has 0 aliphatic heterocycles. The van der Waals surface area contributed by atoms with Gasteiger partial charge in [0.05, 0.1) is 5.75 Å². The fraction of sp³-hybridized carbons (Fsp3) is 0.550. The second-order valence-corrected chi connectivity index (χ2v) is 10.2. The van der Waals surface area contributed by atoms with E-state index in [-0.39, 0.29) is 17.0 Å². The quantitative estimate of drug-likeness (QED) is 0.816. The van der Waals surface area contributed by atoms with E-state index in [1.54, 1.807) is 0 Å². The number of carbonyl (C=O) groups is 1. The number of aromatic amines is 1. The summed E-state index contributed by atoms with van der Waals surface area (Å²) in [5.41, 5.74) is 1.22. The summed E-state index contributed by atoms with van der Waals surface area (Å²) in [5, 5.41) is 1.12. The third-order valence-electron chi connectivity index (χ3n) is 6.97. The van der Waals surface area contributed by atoms with Gasteiger partial charge in [-0.05, 0) is 42.2 Å². The van der Waals surface area contributed by atoms with Gasteiger partial charge in [-0.15, -0.1) is 0 Å². The van der Waals surface area contributed by atoms with Crippen LogP contribution in [0.15, 0.2) is 30.5 Å². The van der Waals surface area contributed by atoms with E-state index >= 15 is 0 Å². The third kappa shape index (κ3) is 2.62. The fourth-order valence-corrected chi connectivity index (χ4v) is 7.00. The molecule has 2 atom stereocenters. The molecule has 2 bridgehead atoms. The van der Waals surface area contributed by atoms with Crippen LogP contribution in [0, 0.1) is 16.7 Å². The molecule has 0 radical (unpaired) electrons. The number of H-pyrrole nitrogens is 1. The summed E-state index contributed by atoms with van der Waals surface area (Å²) in [6.07, 6.45) is 4.76. The molecule has 2 saturated carbocycles. The van der Waals surface area contributed by atoms with Crippen molar-refractivity contribution >= 4 is 26.7 Å². The molecule has 0 saturated heterocycles. The summed E-state index contributed by atoms with van der Waals surface area (Å²) < 4.78 is 28.2. The van der Waals surface area contributed by atoms with Gasteiger partial charge in [0.25, 0.3) is 0 Å². The Hall–Kier alpha value is -1.66. The molecule has 1 aromatic heterocycles. The smallest absolute Gasteiger partial charge is 0.212 e. The number of carbonyl (C=O) groups excluding carboxylic acids is 1. The number of Topliss-reactive ketones (excluding diaryl/α,β-unsaturated/α-hetero) is 1. The normalized spacial score (nSPS) is 27.5. The van der Waals surface area contributed by atoms with Crippen molar-refractivity contribution in [3.63, 3.8) is 0 Å². The zero-order chi connectivity index (χ0) is 18.6. The number of benzene rings is 1. The molecule has 2 aliphatic rings. The predicted molar refractivity (Wildman–Crippen MR) is 102 cm³/mol. The molecule has 2 N–H and O–H groups in total. The molecule has 2 aromatic rings. The predicted octanol–water partition coefficient (Wildman–Crippen LogP) is 3.03. The first-order valence-corrected chi connectivity index (χ1v) is 11.0. The Morgan fingerprint density at radius 1 is 1.27 bits per heavy atom. The molecule has 0 unspecified atom stereocenters. The Kier molecular flexibility index (Phi) is 4.04. The van der Waals surface area contributed by atoms with Crippen molar-refractivity contribution in [1.29, 1.82) is 0 Å². The van der Waals surface area contributed by atoms with Crippen LogP contribution in [-0.2, 0) is 21.2 Å². The van der Waals surface area contributed by atoms with Crippen LogP contribution in [-0.4, -0.2) is 31.5 Å². The van der Waals surface area contributed by atoms with Crippen LogP contribution in [0.4, 0.5) is 0 Å². The van der Waals surface area contributed by atoms with Crippen LogP contribution in [0.25, 0.3) is 10.9 Å². The average molecular weight is 375 g/mol. The highest BCUT2D eigenvalue weighted by Crippen LogP contribution is 2.64. The van der Waals surface area contributed by atoms with Crippen molar-refractivity contribution in [2.75, 3.05) is 12.3 Å². The minimum absolute atomic E-state index is 0.0732. The number of hydrogen-bond donors (Lipinski definition) is 2. The summed E-state index contributed by atoms with van der Waals surface area (Å²) in [4.78, 5) is 15.8. The highest BCUT2D eigenvalue weighted by Gasteiger charge is 2.65. The zero-order valence-electron chi connectivity index (χ0n) is 15.3. The third-order valence-corrected chi connectivity index (χ3v) is 8.48. The van der Waals surface area contributed by atoms with E-state index in [1.807, 2.05) is 30.5 Å². The Balaban J connectivity index is 1.44. The van der Waals surface area contributed by atoms with Crippen molar-refractivity contribution in [2.24, 2.45) is 16.7 Å². The maximum atomic E-state index is 12.7. The summed E-state index contributed by atoms with van der Waals surface area (Å²) in [5.74, 6) is 0.396. The second kappa shape index (κ2) is 5.92. The molecular weight excluding hydrogens is 348 g/mol. The van der Waals surface area contributed by atoms with E-state index in [2.05, 4.69) is 23.6 Å². The lowest BCUT2D eigenvalue weighted by Crippen LogP contribution is -2.45.